The van der Waals surface area contributed by atoms with Crippen molar-refractivity contribution in [2.45, 2.75) is 49.1 Å². The summed E-state index contributed by atoms with van der Waals surface area (Å²) in [5.74, 6) is 0.355. The number of nitrogens with zero attached hydrogens (tertiary/aromatic N) is 3. The first-order valence-corrected chi connectivity index (χ1v) is 16.3. The van der Waals surface area contributed by atoms with Gasteiger partial charge in [-0.2, -0.15) is 4.31 Å². The van der Waals surface area contributed by atoms with E-state index in [9.17, 15) is 17.6 Å². The highest BCUT2D eigenvalue weighted by molar-refractivity contribution is 7.89. The third-order valence-corrected chi connectivity index (χ3v) is 11.1. The van der Waals surface area contributed by atoms with Gasteiger partial charge in [-0.25, -0.2) is 12.8 Å². The number of methoxy groups -OCH3 is 1. The Morgan fingerprint density at radius 1 is 0.952 bits per heavy atom. The summed E-state index contributed by atoms with van der Waals surface area (Å²) in [7, 11) is -2.10. The first kappa shape index (κ1) is 29.0. The summed E-state index contributed by atoms with van der Waals surface area (Å²) in [5, 5.41) is 0.0958. The number of carbonyl (C=O) groups is 1. The Hall–Kier alpha value is -3.14. The van der Waals surface area contributed by atoms with Crippen LogP contribution in [0.3, 0.4) is 0 Å². The van der Waals surface area contributed by atoms with Crippen molar-refractivity contribution in [1.29, 1.82) is 0 Å². The Kier molecular flexibility index (Phi) is 8.18. The highest BCUT2D eigenvalue weighted by Crippen LogP contribution is 2.42. The number of amides is 1. The molecule has 7 nitrogen and oxygen atoms in total. The minimum absolute atomic E-state index is 0.00694. The molecule has 222 valence electrons. The first-order valence-electron chi connectivity index (χ1n) is 14.5. The lowest BCUT2D eigenvalue weighted by molar-refractivity contribution is 0.0718. The van der Waals surface area contributed by atoms with E-state index in [4.69, 9.17) is 16.3 Å². The molecule has 2 bridgehead atoms. The summed E-state index contributed by atoms with van der Waals surface area (Å²) in [6.07, 6.45) is 4.35. The van der Waals surface area contributed by atoms with E-state index in [1.165, 1.54) is 17.7 Å². The molecule has 3 aliphatic heterocycles. The summed E-state index contributed by atoms with van der Waals surface area (Å²) in [6.45, 7) is 1.91. The second-order valence-corrected chi connectivity index (χ2v) is 13.8. The number of hydrogen-bond acceptors (Lipinski definition) is 5. The number of sulfonamides is 1. The lowest BCUT2D eigenvalue weighted by Gasteiger charge is -2.43. The maximum absolute atomic E-state index is 13.8. The topological polar surface area (TPSA) is 70.2 Å². The molecule has 3 heterocycles. The average Bonchev–Trinajstić information content (AvgIpc) is 3.25. The molecule has 0 N–H and O–H groups in total. The van der Waals surface area contributed by atoms with E-state index in [-0.39, 0.29) is 33.5 Å². The number of rotatable bonds is 7. The zero-order valence-corrected chi connectivity index (χ0v) is 25.2. The van der Waals surface area contributed by atoms with Crippen molar-refractivity contribution < 1.29 is 22.3 Å². The number of likely N-dealkylation sites (tertiary alicyclic amines) is 1. The first-order chi connectivity index (χ1) is 20.2. The number of anilines is 1. The maximum atomic E-state index is 13.8. The highest BCUT2D eigenvalue weighted by atomic mass is 35.5. The SMILES string of the molecule is COc1ccc(S(=O)(=O)N2CCC(Cc3ccccc3)CC2)cc1N1C2CCC1CN(C(=O)c1ccc(F)cc1Cl)C2. The van der Waals surface area contributed by atoms with Gasteiger partial charge >= 0.3 is 0 Å². The zero-order valence-electron chi connectivity index (χ0n) is 23.6. The predicted molar refractivity (Wildman–Crippen MR) is 161 cm³/mol. The molecule has 3 aromatic rings. The van der Waals surface area contributed by atoms with Gasteiger partial charge in [-0.1, -0.05) is 41.9 Å². The molecule has 0 aliphatic carbocycles. The van der Waals surface area contributed by atoms with E-state index in [0.29, 0.717) is 37.8 Å². The number of piperazine rings is 1. The predicted octanol–water partition coefficient (Wildman–Crippen LogP) is 5.62. The normalized spacial score (nSPS) is 21.5. The van der Waals surface area contributed by atoms with Crippen LogP contribution in [0.4, 0.5) is 10.1 Å². The van der Waals surface area contributed by atoms with Gasteiger partial charge in [0.25, 0.3) is 5.91 Å². The van der Waals surface area contributed by atoms with Crippen LogP contribution in [0.1, 0.15) is 41.6 Å². The van der Waals surface area contributed by atoms with Gasteiger partial charge in [-0.05, 0) is 80.0 Å². The van der Waals surface area contributed by atoms with Crippen LogP contribution >= 0.6 is 11.6 Å². The summed E-state index contributed by atoms with van der Waals surface area (Å²) in [4.78, 5) is 17.5. The molecule has 1 amide bonds. The monoisotopic (exact) mass is 611 g/mol. The van der Waals surface area contributed by atoms with Crippen molar-refractivity contribution in [3.8, 4) is 5.75 Å². The van der Waals surface area contributed by atoms with E-state index >= 15 is 0 Å². The molecule has 0 spiro atoms. The Bertz CT molecular complexity index is 1550. The summed E-state index contributed by atoms with van der Waals surface area (Å²) >= 11 is 6.19. The van der Waals surface area contributed by atoms with Crippen LogP contribution in [0, 0.1) is 11.7 Å². The lowest BCUT2D eigenvalue weighted by atomic mass is 9.91. The van der Waals surface area contributed by atoms with E-state index in [0.717, 1.165) is 43.9 Å². The summed E-state index contributed by atoms with van der Waals surface area (Å²) < 4.78 is 48.4. The second-order valence-electron chi connectivity index (χ2n) is 11.5. The molecule has 42 heavy (non-hydrogen) atoms. The van der Waals surface area contributed by atoms with Crippen LogP contribution in [0.2, 0.25) is 5.02 Å². The fraction of sp³-hybridized carbons (Fsp3) is 0.406. The van der Waals surface area contributed by atoms with Gasteiger partial charge in [0, 0.05) is 38.3 Å². The van der Waals surface area contributed by atoms with Gasteiger partial charge in [0.15, 0.2) is 0 Å². The van der Waals surface area contributed by atoms with Crippen molar-refractivity contribution >= 4 is 33.2 Å². The molecule has 3 aromatic carbocycles. The largest absolute Gasteiger partial charge is 0.495 e. The molecule has 0 aromatic heterocycles. The van der Waals surface area contributed by atoms with Crippen LogP contribution < -0.4 is 9.64 Å². The Morgan fingerprint density at radius 3 is 2.29 bits per heavy atom. The summed E-state index contributed by atoms with van der Waals surface area (Å²) in [5.41, 5.74) is 2.30. The van der Waals surface area contributed by atoms with Gasteiger partial charge in [-0.3, -0.25) is 4.79 Å². The number of halogens is 2. The smallest absolute Gasteiger partial charge is 0.255 e. The fourth-order valence-corrected chi connectivity index (χ4v) is 8.52. The molecule has 6 rings (SSSR count). The van der Waals surface area contributed by atoms with Crippen molar-refractivity contribution in [2.75, 3.05) is 38.2 Å². The quantitative estimate of drug-likeness (QED) is 0.347. The third-order valence-electron chi connectivity index (χ3n) is 8.94. The van der Waals surface area contributed by atoms with Gasteiger partial charge in [0.2, 0.25) is 10.0 Å². The number of fused-ring (bicyclic) bond motifs is 2. The Labute approximate surface area is 251 Å². The minimum Gasteiger partial charge on any atom is -0.495 e. The summed E-state index contributed by atoms with van der Waals surface area (Å²) in [6, 6.07) is 19.3. The van der Waals surface area contributed by atoms with Crippen molar-refractivity contribution in [3.05, 3.63) is 88.7 Å². The molecule has 0 saturated carbocycles. The number of ether oxygens (including phenoxy) is 1. The second kappa shape index (κ2) is 11.9. The number of carbonyl (C=O) groups excluding carboxylic acids is 1. The van der Waals surface area contributed by atoms with E-state index in [2.05, 4.69) is 17.0 Å². The lowest BCUT2D eigenvalue weighted by Crippen LogP contribution is -2.55. The van der Waals surface area contributed by atoms with Gasteiger partial charge < -0.3 is 14.5 Å². The van der Waals surface area contributed by atoms with Crippen LogP contribution in [0.25, 0.3) is 0 Å². The Balaban J connectivity index is 1.18. The van der Waals surface area contributed by atoms with Crippen molar-refractivity contribution in [3.63, 3.8) is 0 Å². The molecule has 2 unspecified atom stereocenters. The molecule has 3 saturated heterocycles. The average molecular weight is 612 g/mol. The standard InChI is InChI=1S/C32H35ClFN3O4S/c1-41-31-12-10-27(42(39,40)36-15-13-23(14-16-36)17-22-5-3-2-4-6-22)19-30(31)37-25-8-9-26(37)21-35(20-25)32(38)28-11-7-24(34)18-29(28)33/h2-7,10-12,18-19,23,25-26H,8-9,13-17,20-21H2,1H3. The molecule has 0 radical (unpaired) electrons. The number of piperidine rings is 1. The van der Waals surface area contributed by atoms with Crippen LogP contribution in [-0.4, -0.2) is 68.9 Å². The van der Waals surface area contributed by atoms with Crippen LogP contribution in [-0.2, 0) is 16.4 Å². The third kappa shape index (κ3) is 5.62. The van der Waals surface area contributed by atoms with E-state index in [1.54, 1.807) is 34.5 Å². The van der Waals surface area contributed by atoms with Crippen LogP contribution in [0.5, 0.6) is 5.75 Å². The number of hydrogen-bond donors (Lipinski definition) is 0. The van der Waals surface area contributed by atoms with Gasteiger partial charge in [-0.15, -0.1) is 0 Å². The molecule has 10 heteroatoms. The van der Waals surface area contributed by atoms with Crippen molar-refractivity contribution in [1.82, 2.24) is 9.21 Å². The van der Waals surface area contributed by atoms with E-state index < -0.39 is 15.8 Å². The highest BCUT2D eigenvalue weighted by Gasteiger charge is 2.43. The zero-order chi connectivity index (χ0) is 29.4. The fourth-order valence-electron chi connectivity index (χ4n) is 6.78. The van der Waals surface area contributed by atoms with Gasteiger partial charge in [0.05, 0.1) is 28.3 Å². The van der Waals surface area contributed by atoms with E-state index in [1.807, 2.05) is 18.2 Å². The maximum Gasteiger partial charge on any atom is 0.255 e. The van der Waals surface area contributed by atoms with Crippen molar-refractivity contribution in [2.24, 2.45) is 5.92 Å². The molecule has 3 fully saturated rings. The Morgan fingerprint density at radius 2 is 1.64 bits per heavy atom. The number of benzene rings is 3. The molecule has 3 aliphatic rings. The minimum atomic E-state index is -3.69. The molecular formula is C32H35ClFN3O4S. The molecule has 2 atom stereocenters. The molecular weight excluding hydrogens is 577 g/mol. The van der Waals surface area contributed by atoms with Gasteiger partial charge in [0.1, 0.15) is 11.6 Å². The van der Waals surface area contributed by atoms with Crippen LogP contribution in [0.15, 0.2) is 71.6 Å².